The van der Waals surface area contributed by atoms with E-state index in [9.17, 15) is 13.2 Å². The molecule has 0 radical (unpaired) electrons. The minimum atomic E-state index is -4.40. The lowest BCUT2D eigenvalue weighted by Crippen LogP contribution is -2.06. The van der Waals surface area contributed by atoms with Gasteiger partial charge in [-0.25, -0.2) is 0 Å². The maximum Gasteiger partial charge on any atom is 0.416 e. The molecular formula is C11H11BrF3NO. The summed E-state index contributed by atoms with van der Waals surface area (Å²) in [5.41, 5.74) is 5.07. The fourth-order valence-corrected chi connectivity index (χ4v) is 1.85. The molecule has 2 N–H and O–H groups in total. The van der Waals surface area contributed by atoms with Gasteiger partial charge in [0.2, 0.25) is 0 Å². The van der Waals surface area contributed by atoms with E-state index in [2.05, 4.69) is 15.9 Å². The molecule has 0 spiro atoms. The predicted molar refractivity (Wildman–Crippen MR) is 63.8 cm³/mol. The smallest absolute Gasteiger partial charge is 0.416 e. The van der Waals surface area contributed by atoms with Crippen molar-refractivity contribution in [3.63, 3.8) is 0 Å². The summed E-state index contributed by atoms with van der Waals surface area (Å²) in [6, 6.07) is 1.97. The third-order valence-electron chi connectivity index (χ3n) is 2.06. The minimum Gasteiger partial charge on any atom is -0.496 e. The number of ether oxygens (including phenoxy) is 1. The summed E-state index contributed by atoms with van der Waals surface area (Å²) in [6.07, 6.45) is -1.15. The highest BCUT2D eigenvalue weighted by atomic mass is 79.9. The van der Waals surface area contributed by atoms with Crippen LogP contribution in [0.15, 0.2) is 22.7 Å². The van der Waals surface area contributed by atoms with Crippen LogP contribution in [0, 0.1) is 0 Å². The summed E-state index contributed by atoms with van der Waals surface area (Å²) in [4.78, 5) is 0. The highest BCUT2D eigenvalue weighted by Gasteiger charge is 2.32. The Kier molecular flexibility index (Phi) is 4.59. The van der Waals surface area contributed by atoms with Gasteiger partial charge in [0.1, 0.15) is 5.75 Å². The zero-order valence-electron chi connectivity index (χ0n) is 9.01. The van der Waals surface area contributed by atoms with Crippen molar-refractivity contribution in [2.45, 2.75) is 6.18 Å². The van der Waals surface area contributed by atoms with Crippen LogP contribution < -0.4 is 10.5 Å². The van der Waals surface area contributed by atoms with E-state index in [0.717, 1.165) is 12.1 Å². The summed E-state index contributed by atoms with van der Waals surface area (Å²) < 4.78 is 42.9. The summed E-state index contributed by atoms with van der Waals surface area (Å²) >= 11 is 3.09. The number of alkyl halides is 3. The van der Waals surface area contributed by atoms with Crippen LogP contribution in [-0.4, -0.2) is 13.7 Å². The van der Waals surface area contributed by atoms with Crippen LogP contribution in [0.2, 0.25) is 0 Å². The van der Waals surface area contributed by atoms with Gasteiger partial charge in [-0.15, -0.1) is 0 Å². The Bertz CT molecular complexity index is 429. The topological polar surface area (TPSA) is 35.2 Å². The molecule has 94 valence electrons. The molecule has 0 aromatic heterocycles. The standard InChI is InChI=1S/C11H11BrF3NO/c1-17-10-6-7(11(13,14)15)5-9(12)8(10)3-2-4-16/h2-3,5-6H,4,16H2,1H3/b3-2+. The average molecular weight is 310 g/mol. The Labute approximate surface area is 105 Å². The van der Waals surface area contributed by atoms with Crippen molar-refractivity contribution >= 4 is 22.0 Å². The van der Waals surface area contributed by atoms with Crippen molar-refractivity contribution in [1.29, 1.82) is 0 Å². The number of hydrogen-bond acceptors (Lipinski definition) is 2. The van der Waals surface area contributed by atoms with Crippen LogP contribution in [0.3, 0.4) is 0 Å². The molecule has 0 aliphatic carbocycles. The van der Waals surface area contributed by atoms with Crippen LogP contribution in [0.1, 0.15) is 11.1 Å². The second-order valence-corrected chi connectivity index (χ2v) is 4.06. The molecule has 0 saturated heterocycles. The van der Waals surface area contributed by atoms with Crippen molar-refractivity contribution in [3.05, 3.63) is 33.8 Å². The Morgan fingerprint density at radius 2 is 2.06 bits per heavy atom. The van der Waals surface area contributed by atoms with Crippen LogP contribution in [0.25, 0.3) is 6.08 Å². The summed E-state index contributed by atoms with van der Waals surface area (Å²) in [6.45, 7) is 0.302. The van der Waals surface area contributed by atoms with E-state index >= 15 is 0 Å². The highest BCUT2D eigenvalue weighted by Crippen LogP contribution is 2.37. The van der Waals surface area contributed by atoms with Crippen molar-refractivity contribution in [1.82, 2.24) is 0 Å². The molecule has 1 aromatic carbocycles. The molecule has 2 nitrogen and oxygen atoms in total. The van der Waals surface area contributed by atoms with Gasteiger partial charge in [0.15, 0.2) is 0 Å². The van der Waals surface area contributed by atoms with E-state index in [1.54, 1.807) is 12.2 Å². The molecule has 1 rings (SSSR count). The van der Waals surface area contributed by atoms with Crippen LogP contribution in [0.4, 0.5) is 13.2 Å². The Balaban J connectivity index is 3.31. The average Bonchev–Trinajstić information content (AvgIpc) is 2.25. The fraction of sp³-hybridized carbons (Fsp3) is 0.273. The zero-order valence-corrected chi connectivity index (χ0v) is 10.6. The third kappa shape index (κ3) is 3.47. The van der Waals surface area contributed by atoms with Crippen molar-refractivity contribution in [3.8, 4) is 5.75 Å². The van der Waals surface area contributed by atoms with Gasteiger partial charge in [-0.2, -0.15) is 13.2 Å². The molecule has 6 heteroatoms. The second-order valence-electron chi connectivity index (χ2n) is 3.21. The molecular weight excluding hydrogens is 299 g/mol. The van der Waals surface area contributed by atoms with Crippen LogP contribution >= 0.6 is 15.9 Å². The van der Waals surface area contributed by atoms with Gasteiger partial charge < -0.3 is 10.5 Å². The Morgan fingerprint density at radius 1 is 1.41 bits per heavy atom. The molecule has 0 saturated carbocycles. The lowest BCUT2D eigenvalue weighted by molar-refractivity contribution is -0.137. The molecule has 0 aliphatic heterocycles. The van der Waals surface area contributed by atoms with Gasteiger partial charge in [-0.05, 0) is 12.1 Å². The SMILES string of the molecule is COc1cc(C(F)(F)F)cc(Br)c1/C=C/CN. The molecule has 0 atom stereocenters. The summed E-state index contributed by atoms with van der Waals surface area (Å²) in [7, 11) is 1.32. The molecule has 0 unspecified atom stereocenters. The molecule has 0 fully saturated rings. The van der Waals surface area contributed by atoms with E-state index in [4.69, 9.17) is 10.5 Å². The third-order valence-corrected chi connectivity index (χ3v) is 2.72. The molecule has 17 heavy (non-hydrogen) atoms. The maximum absolute atomic E-state index is 12.6. The number of nitrogens with two attached hydrogens (primary N) is 1. The number of methoxy groups -OCH3 is 1. The van der Waals surface area contributed by atoms with Gasteiger partial charge >= 0.3 is 6.18 Å². The fourth-order valence-electron chi connectivity index (χ4n) is 1.27. The first-order valence-corrected chi connectivity index (χ1v) is 5.50. The lowest BCUT2D eigenvalue weighted by Gasteiger charge is -2.12. The van der Waals surface area contributed by atoms with Crippen molar-refractivity contribution in [2.24, 2.45) is 5.73 Å². The highest BCUT2D eigenvalue weighted by molar-refractivity contribution is 9.10. The maximum atomic E-state index is 12.6. The second kappa shape index (κ2) is 5.55. The first-order valence-electron chi connectivity index (χ1n) is 4.71. The molecule has 0 amide bonds. The molecule has 0 heterocycles. The largest absolute Gasteiger partial charge is 0.496 e. The predicted octanol–water partition coefficient (Wildman–Crippen LogP) is 3.45. The number of benzene rings is 1. The van der Waals surface area contributed by atoms with Crippen LogP contribution in [0.5, 0.6) is 5.75 Å². The van der Waals surface area contributed by atoms with E-state index in [0.29, 0.717) is 16.6 Å². The number of halogens is 4. The van der Waals surface area contributed by atoms with E-state index < -0.39 is 11.7 Å². The number of rotatable bonds is 3. The number of hydrogen-bond donors (Lipinski definition) is 1. The molecule has 0 aliphatic rings. The first kappa shape index (κ1) is 14.1. The molecule has 0 bridgehead atoms. The van der Waals surface area contributed by atoms with Gasteiger partial charge in [-0.1, -0.05) is 28.1 Å². The summed E-state index contributed by atoms with van der Waals surface area (Å²) in [5, 5.41) is 0. The van der Waals surface area contributed by atoms with Gasteiger partial charge in [0, 0.05) is 16.6 Å². The van der Waals surface area contributed by atoms with Gasteiger partial charge in [0.25, 0.3) is 0 Å². The normalized spacial score (nSPS) is 12.1. The summed E-state index contributed by atoms with van der Waals surface area (Å²) in [5.74, 6) is 0.149. The van der Waals surface area contributed by atoms with Gasteiger partial charge in [0.05, 0.1) is 12.7 Å². The van der Waals surface area contributed by atoms with Gasteiger partial charge in [-0.3, -0.25) is 0 Å². The first-order chi connectivity index (χ1) is 7.90. The Hall–Kier alpha value is -1.01. The molecule has 1 aromatic rings. The van der Waals surface area contributed by atoms with Crippen LogP contribution in [-0.2, 0) is 6.18 Å². The zero-order chi connectivity index (χ0) is 13.1. The van der Waals surface area contributed by atoms with Crippen molar-refractivity contribution < 1.29 is 17.9 Å². The lowest BCUT2D eigenvalue weighted by atomic mass is 10.1. The monoisotopic (exact) mass is 309 g/mol. The van der Waals surface area contributed by atoms with E-state index in [-0.39, 0.29) is 5.75 Å². The van der Waals surface area contributed by atoms with Crippen molar-refractivity contribution in [2.75, 3.05) is 13.7 Å². The van der Waals surface area contributed by atoms with E-state index in [1.807, 2.05) is 0 Å². The minimum absolute atomic E-state index is 0.149. The van der Waals surface area contributed by atoms with E-state index in [1.165, 1.54) is 7.11 Å². The quantitative estimate of drug-likeness (QED) is 0.928. The Morgan fingerprint density at radius 3 is 2.53 bits per heavy atom.